The minimum absolute atomic E-state index is 0.276. The third-order valence-corrected chi connectivity index (χ3v) is 4.23. The fourth-order valence-electron chi connectivity index (χ4n) is 1.95. The minimum Gasteiger partial charge on any atom is -0.481 e. The van der Waals surface area contributed by atoms with Crippen LogP contribution in [-0.4, -0.2) is 22.0 Å². The molecule has 1 atom stereocenters. The van der Waals surface area contributed by atoms with Gasteiger partial charge in [0.1, 0.15) is 5.01 Å². The number of hydrogen-bond donors (Lipinski definition) is 2. The van der Waals surface area contributed by atoms with Crippen LogP contribution in [0, 0.1) is 0 Å². The molecule has 0 fully saturated rings. The van der Waals surface area contributed by atoms with Crippen LogP contribution in [0.15, 0.2) is 29.6 Å². The summed E-state index contributed by atoms with van der Waals surface area (Å²) < 4.78 is 38.8. The zero-order valence-electron chi connectivity index (χ0n) is 12.4. The van der Waals surface area contributed by atoms with Gasteiger partial charge in [-0.3, -0.25) is 9.59 Å². The molecule has 9 heteroatoms. The van der Waals surface area contributed by atoms with E-state index in [1.807, 2.05) is 0 Å². The molecule has 0 aliphatic heterocycles. The number of amides is 1. The van der Waals surface area contributed by atoms with E-state index in [1.165, 1.54) is 30.5 Å². The number of carbonyl (C=O) groups excluding carboxylic acids is 1. The molecule has 0 bridgehead atoms. The molecule has 24 heavy (non-hydrogen) atoms. The van der Waals surface area contributed by atoms with Crippen LogP contribution in [0.5, 0.6) is 0 Å². The Morgan fingerprint density at radius 2 is 2.00 bits per heavy atom. The highest BCUT2D eigenvalue weighted by Gasteiger charge is 2.34. The summed E-state index contributed by atoms with van der Waals surface area (Å²) in [6.07, 6.45) is -4.86. The number of hydrogen-bond acceptors (Lipinski definition) is 4. The zero-order chi connectivity index (χ0) is 17.9. The van der Waals surface area contributed by atoms with Gasteiger partial charge in [0.25, 0.3) is 0 Å². The number of nitrogens with zero attached hydrogens (tertiary/aromatic N) is 1. The Bertz CT molecular complexity index is 758. The molecular formula is C15H13F3N2O3S. The van der Waals surface area contributed by atoms with Gasteiger partial charge >= 0.3 is 12.1 Å². The van der Waals surface area contributed by atoms with Crippen molar-refractivity contribution in [3.05, 3.63) is 45.9 Å². The molecule has 0 saturated heterocycles. The highest BCUT2D eigenvalue weighted by atomic mass is 32.1. The number of halogens is 3. The summed E-state index contributed by atoms with van der Waals surface area (Å²) in [4.78, 5) is 26.9. The molecule has 0 spiro atoms. The summed E-state index contributed by atoms with van der Waals surface area (Å²) in [6.45, 7) is 1.49. The molecule has 0 aliphatic carbocycles. The van der Waals surface area contributed by atoms with Crippen LogP contribution in [0.25, 0.3) is 0 Å². The summed E-state index contributed by atoms with van der Waals surface area (Å²) in [7, 11) is 0. The standard InChI is InChI=1S/C15H13F3N2O3S/c1-8(14-19-9(7-24-14)6-12(21)22)13(23)20-11-5-3-2-4-10(11)15(16,17)18/h2-5,7-8H,6H2,1H3,(H,20,23)(H,21,22). The molecule has 128 valence electrons. The van der Waals surface area contributed by atoms with Gasteiger partial charge in [-0.15, -0.1) is 11.3 Å². The second kappa shape index (κ2) is 7.00. The number of carboxylic acid groups (broad SMARTS) is 1. The number of rotatable bonds is 5. The maximum Gasteiger partial charge on any atom is 0.418 e. The third kappa shape index (κ3) is 4.31. The number of aliphatic carboxylic acids is 1. The van der Waals surface area contributed by atoms with E-state index < -0.39 is 29.5 Å². The second-order valence-electron chi connectivity index (χ2n) is 5.00. The van der Waals surface area contributed by atoms with Crippen LogP contribution in [0.1, 0.15) is 29.1 Å². The Labute approximate surface area is 139 Å². The van der Waals surface area contributed by atoms with Crippen molar-refractivity contribution in [2.24, 2.45) is 0 Å². The first kappa shape index (κ1) is 17.9. The predicted molar refractivity (Wildman–Crippen MR) is 81.9 cm³/mol. The number of nitrogens with one attached hydrogen (secondary N) is 1. The smallest absolute Gasteiger partial charge is 0.418 e. The fraction of sp³-hybridized carbons (Fsp3) is 0.267. The average molecular weight is 358 g/mol. The van der Waals surface area contributed by atoms with Gasteiger partial charge in [0.05, 0.1) is 29.3 Å². The van der Waals surface area contributed by atoms with E-state index in [4.69, 9.17) is 5.11 Å². The van der Waals surface area contributed by atoms with Crippen molar-refractivity contribution in [3.63, 3.8) is 0 Å². The van der Waals surface area contributed by atoms with Gasteiger partial charge in [0.15, 0.2) is 0 Å². The van der Waals surface area contributed by atoms with Crippen LogP contribution < -0.4 is 5.32 Å². The van der Waals surface area contributed by atoms with E-state index in [1.54, 1.807) is 0 Å². The molecule has 1 unspecified atom stereocenters. The Kier molecular flexibility index (Phi) is 5.23. The predicted octanol–water partition coefficient (Wildman–Crippen LogP) is 3.53. The SMILES string of the molecule is CC(C(=O)Nc1ccccc1C(F)(F)F)c1nc(CC(=O)O)cs1. The Hall–Kier alpha value is -2.42. The van der Waals surface area contributed by atoms with Gasteiger partial charge in [-0.2, -0.15) is 13.2 Å². The van der Waals surface area contributed by atoms with E-state index in [0.717, 1.165) is 17.4 Å². The molecule has 1 aromatic heterocycles. The minimum atomic E-state index is -4.58. The van der Waals surface area contributed by atoms with Crippen molar-refractivity contribution in [2.45, 2.75) is 25.4 Å². The van der Waals surface area contributed by atoms with Gasteiger partial charge in [-0.05, 0) is 19.1 Å². The van der Waals surface area contributed by atoms with Crippen LogP contribution in [0.4, 0.5) is 18.9 Å². The van der Waals surface area contributed by atoms with Crippen molar-refractivity contribution in [1.29, 1.82) is 0 Å². The normalized spacial score (nSPS) is 12.7. The molecule has 5 nitrogen and oxygen atoms in total. The summed E-state index contributed by atoms with van der Waals surface area (Å²) >= 11 is 1.09. The van der Waals surface area contributed by atoms with Gasteiger partial charge < -0.3 is 10.4 Å². The highest BCUT2D eigenvalue weighted by Crippen LogP contribution is 2.35. The molecule has 0 saturated carbocycles. The molecule has 1 heterocycles. The number of alkyl halides is 3. The van der Waals surface area contributed by atoms with E-state index in [9.17, 15) is 22.8 Å². The Balaban J connectivity index is 2.15. The van der Waals surface area contributed by atoms with Crippen LogP contribution in [0.3, 0.4) is 0 Å². The average Bonchev–Trinajstić information content (AvgIpc) is 2.93. The molecule has 2 rings (SSSR count). The van der Waals surface area contributed by atoms with E-state index in [-0.39, 0.29) is 12.1 Å². The fourth-order valence-corrected chi connectivity index (χ4v) is 2.82. The molecule has 1 aromatic carbocycles. The van der Waals surface area contributed by atoms with Crippen LogP contribution in [-0.2, 0) is 22.2 Å². The molecule has 1 amide bonds. The molecule has 0 aliphatic rings. The first-order chi connectivity index (χ1) is 11.2. The number of benzene rings is 1. The highest BCUT2D eigenvalue weighted by molar-refractivity contribution is 7.09. The summed E-state index contributed by atoms with van der Waals surface area (Å²) in [5.74, 6) is -2.51. The van der Waals surface area contributed by atoms with Crippen molar-refractivity contribution >= 4 is 28.9 Å². The Morgan fingerprint density at radius 3 is 2.62 bits per heavy atom. The zero-order valence-corrected chi connectivity index (χ0v) is 13.2. The first-order valence-corrected chi connectivity index (χ1v) is 7.69. The number of aromatic nitrogens is 1. The number of para-hydroxylation sites is 1. The number of anilines is 1. The van der Waals surface area contributed by atoms with Crippen molar-refractivity contribution in [3.8, 4) is 0 Å². The summed E-state index contributed by atoms with van der Waals surface area (Å²) in [5.41, 5.74) is -0.960. The number of thiazole rings is 1. The van der Waals surface area contributed by atoms with Crippen molar-refractivity contribution in [2.75, 3.05) is 5.32 Å². The maximum absolute atomic E-state index is 12.9. The molecule has 0 radical (unpaired) electrons. The van der Waals surface area contributed by atoms with E-state index >= 15 is 0 Å². The van der Waals surface area contributed by atoms with Gasteiger partial charge in [-0.1, -0.05) is 12.1 Å². The van der Waals surface area contributed by atoms with Crippen molar-refractivity contribution in [1.82, 2.24) is 4.98 Å². The lowest BCUT2D eigenvalue weighted by molar-refractivity contribution is -0.137. The van der Waals surface area contributed by atoms with Gasteiger partial charge in [0.2, 0.25) is 5.91 Å². The van der Waals surface area contributed by atoms with E-state index in [2.05, 4.69) is 10.3 Å². The lowest BCUT2D eigenvalue weighted by Gasteiger charge is -2.15. The van der Waals surface area contributed by atoms with E-state index in [0.29, 0.717) is 10.7 Å². The van der Waals surface area contributed by atoms with Gasteiger partial charge in [0, 0.05) is 5.38 Å². The molecule has 2 N–H and O–H groups in total. The topological polar surface area (TPSA) is 79.3 Å². The Morgan fingerprint density at radius 1 is 1.33 bits per heavy atom. The lowest BCUT2D eigenvalue weighted by Crippen LogP contribution is -2.21. The number of carbonyl (C=O) groups is 2. The van der Waals surface area contributed by atoms with Gasteiger partial charge in [-0.25, -0.2) is 4.98 Å². The second-order valence-corrected chi connectivity index (χ2v) is 5.89. The van der Waals surface area contributed by atoms with Crippen molar-refractivity contribution < 1.29 is 27.9 Å². The van der Waals surface area contributed by atoms with Crippen LogP contribution >= 0.6 is 11.3 Å². The number of carboxylic acids is 1. The quantitative estimate of drug-likeness (QED) is 0.857. The lowest BCUT2D eigenvalue weighted by atomic mass is 10.1. The summed E-state index contributed by atoms with van der Waals surface area (Å²) in [5, 5.41) is 12.8. The molecule has 2 aromatic rings. The maximum atomic E-state index is 12.9. The third-order valence-electron chi connectivity index (χ3n) is 3.16. The summed E-state index contributed by atoms with van der Waals surface area (Å²) in [6, 6.07) is 4.69. The van der Waals surface area contributed by atoms with Crippen LogP contribution in [0.2, 0.25) is 0 Å². The monoisotopic (exact) mass is 358 g/mol. The largest absolute Gasteiger partial charge is 0.481 e. The first-order valence-electron chi connectivity index (χ1n) is 6.81. The molecular weight excluding hydrogens is 345 g/mol.